The quantitative estimate of drug-likeness (QED) is 0.593. The van der Waals surface area contributed by atoms with Gasteiger partial charge in [-0.25, -0.2) is 4.98 Å². The van der Waals surface area contributed by atoms with Gasteiger partial charge in [-0.3, -0.25) is 4.79 Å². The number of H-pyrrole nitrogens is 1. The highest BCUT2D eigenvalue weighted by atomic mass is 16.3. The Morgan fingerprint density at radius 3 is 3.14 bits per heavy atom. The predicted molar refractivity (Wildman–Crippen MR) is 51.6 cm³/mol. The van der Waals surface area contributed by atoms with Crippen molar-refractivity contribution in [2.45, 2.75) is 19.3 Å². The molecule has 3 N–H and O–H groups in total. The number of amides is 1. The lowest BCUT2D eigenvalue weighted by Gasteiger charge is -2.02. The number of aliphatic hydroxyl groups excluding tert-OH is 1. The Kier molecular flexibility index (Phi) is 4.71. The fourth-order valence-corrected chi connectivity index (χ4v) is 1.08. The Morgan fingerprint density at radius 2 is 2.50 bits per heavy atom. The third-order valence-corrected chi connectivity index (χ3v) is 1.80. The average Bonchev–Trinajstić information content (AvgIpc) is 2.67. The second-order valence-corrected chi connectivity index (χ2v) is 2.96. The number of aromatic amines is 1. The molecule has 1 rings (SSSR count). The predicted octanol–water partition coefficient (Wildman–Crippen LogP) is -0.159. The van der Waals surface area contributed by atoms with E-state index in [2.05, 4.69) is 15.3 Å². The van der Waals surface area contributed by atoms with Crippen LogP contribution < -0.4 is 5.32 Å². The summed E-state index contributed by atoms with van der Waals surface area (Å²) >= 11 is 0. The van der Waals surface area contributed by atoms with Crippen molar-refractivity contribution in [1.29, 1.82) is 0 Å². The first-order valence-corrected chi connectivity index (χ1v) is 4.68. The number of imidazole rings is 1. The van der Waals surface area contributed by atoms with Crippen LogP contribution in [-0.2, 0) is 11.2 Å². The summed E-state index contributed by atoms with van der Waals surface area (Å²) in [4.78, 5) is 18.1. The molecular weight excluding hydrogens is 182 g/mol. The maximum atomic E-state index is 11.1. The van der Waals surface area contributed by atoms with E-state index in [1.165, 1.54) is 0 Å². The zero-order chi connectivity index (χ0) is 10.2. The first kappa shape index (κ1) is 10.7. The van der Waals surface area contributed by atoms with Crippen molar-refractivity contribution in [3.05, 3.63) is 18.2 Å². The SMILES string of the molecule is O=C(CCCO)NCCc1ncc[nH]1. The number of aliphatic hydroxyl groups is 1. The van der Waals surface area contributed by atoms with Crippen LogP contribution in [-0.4, -0.2) is 34.1 Å². The summed E-state index contributed by atoms with van der Waals surface area (Å²) in [5.41, 5.74) is 0. The van der Waals surface area contributed by atoms with Gasteiger partial charge in [-0.05, 0) is 6.42 Å². The summed E-state index contributed by atoms with van der Waals surface area (Å²) in [7, 11) is 0. The lowest BCUT2D eigenvalue weighted by molar-refractivity contribution is -0.121. The highest BCUT2D eigenvalue weighted by molar-refractivity contribution is 5.75. The van der Waals surface area contributed by atoms with Crippen molar-refractivity contribution in [2.75, 3.05) is 13.2 Å². The summed E-state index contributed by atoms with van der Waals surface area (Å²) in [6.07, 6.45) is 5.05. The topological polar surface area (TPSA) is 78.0 Å². The van der Waals surface area contributed by atoms with Crippen LogP contribution in [0.25, 0.3) is 0 Å². The molecule has 0 aliphatic heterocycles. The van der Waals surface area contributed by atoms with E-state index < -0.39 is 0 Å². The third kappa shape index (κ3) is 4.04. The molecule has 0 unspecified atom stereocenters. The van der Waals surface area contributed by atoms with E-state index in [9.17, 15) is 4.79 Å². The standard InChI is InChI=1S/C9H15N3O2/c13-7-1-2-9(14)12-4-3-8-10-5-6-11-8/h5-6,13H,1-4,7H2,(H,10,11)(H,12,14). The molecule has 14 heavy (non-hydrogen) atoms. The van der Waals surface area contributed by atoms with Crippen LogP contribution in [0.2, 0.25) is 0 Å². The summed E-state index contributed by atoms with van der Waals surface area (Å²) < 4.78 is 0. The third-order valence-electron chi connectivity index (χ3n) is 1.80. The van der Waals surface area contributed by atoms with Gasteiger partial charge in [0.1, 0.15) is 5.82 Å². The van der Waals surface area contributed by atoms with E-state index in [0.29, 0.717) is 25.8 Å². The van der Waals surface area contributed by atoms with Gasteiger partial charge in [-0.15, -0.1) is 0 Å². The molecule has 0 aliphatic carbocycles. The second-order valence-electron chi connectivity index (χ2n) is 2.96. The molecule has 0 atom stereocenters. The molecule has 0 saturated carbocycles. The van der Waals surface area contributed by atoms with Gasteiger partial charge in [0.15, 0.2) is 0 Å². The van der Waals surface area contributed by atoms with Gasteiger partial charge in [-0.1, -0.05) is 0 Å². The zero-order valence-electron chi connectivity index (χ0n) is 7.99. The molecule has 0 radical (unpaired) electrons. The first-order valence-electron chi connectivity index (χ1n) is 4.68. The number of hydrogen-bond donors (Lipinski definition) is 3. The van der Waals surface area contributed by atoms with Crippen molar-refractivity contribution in [2.24, 2.45) is 0 Å². The second kappa shape index (κ2) is 6.15. The zero-order valence-corrected chi connectivity index (χ0v) is 7.99. The van der Waals surface area contributed by atoms with Gasteiger partial charge in [0, 0.05) is 38.4 Å². The van der Waals surface area contributed by atoms with Crippen molar-refractivity contribution in [3.8, 4) is 0 Å². The van der Waals surface area contributed by atoms with Crippen LogP contribution in [0.4, 0.5) is 0 Å². The minimum absolute atomic E-state index is 0.0226. The molecule has 1 aromatic heterocycles. The normalized spacial score (nSPS) is 10.1. The van der Waals surface area contributed by atoms with Gasteiger partial charge < -0.3 is 15.4 Å². The van der Waals surface area contributed by atoms with E-state index >= 15 is 0 Å². The van der Waals surface area contributed by atoms with Crippen molar-refractivity contribution in [3.63, 3.8) is 0 Å². The lowest BCUT2D eigenvalue weighted by Crippen LogP contribution is -2.25. The van der Waals surface area contributed by atoms with Gasteiger partial charge >= 0.3 is 0 Å². The maximum Gasteiger partial charge on any atom is 0.220 e. The Bertz CT molecular complexity index is 259. The molecule has 1 aromatic rings. The fraction of sp³-hybridized carbons (Fsp3) is 0.556. The van der Waals surface area contributed by atoms with Crippen LogP contribution >= 0.6 is 0 Å². The molecule has 0 saturated heterocycles. The molecular formula is C9H15N3O2. The van der Waals surface area contributed by atoms with Crippen molar-refractivity contribution < 1.29 is 9.90 Å². The summed E-state index contributed by atoms with van der Waals surface area (Å²) in [6, 6.07) is 0. The molecule has 1 heterocycles. The minimum atomic E-state index is -0.0226. The highest BCUT2D eigenvalue weighted by Crippen LogP contribution is 1.90. The number of nitrogens with one attached hydrogen (secondary N) is 2. The Morgan fingerprint density at radius 1 is 1.64 bits per heavy atom. The largest absolute Gasteiger partial charge is 0.396 e. The first-order chi connectivity index (χ1) is 6.83. The number of nitrogens with zero attached hydrogens (tertiary/aromatic N) is 1. The average molecular weight is 197 g/mol. The summed E-state index contributed by atoms with van der Waals surface area (Å²) in [6.45, 7) is 0.642. The molecule has 5 heteroatoms. The Hall–Kier alpha value is -1.36. The molecule has 0 aliphatic rings. The van der Waals surface area contributed by atoms with Gasteiger partial charge in [0.25, 0.3) is 0 Å². The van der Waals surface area contributed by atoms with Crippen LogP contribution in [0.1, 0.15) is 18.7 Å². The van der Waals surface area contributed by atoms with E-state index in [0.717, 1.165) is 5.82 Å². The minimum Gasteiger partial charge on any atom is -0.396 e. The number of carbonyl (C=O) groups is 1. The number of carbonyl (C=O) groups excluding carboxylic acids is 1. The van der Waals surface area contributed by atoms with Crippen LogP contribution in [0, 0.1) is 0 Å². The lowest BCUT2D eigenvalue weighted by atomic mass is 10.3. The van der Waals surface area contributed by atoms with Crippen molar-refractivity contribution in [1.82, 2.24) is 15.3 Å². The summed E-state index contributed by atoms with van der Waals surface area (Å²) in [5.74, 6) is 0.845. The highest BCUT2D eigenvalue weighted by Gasteiger charge is 2.00. The molecule has 0 aromatic carbocycles. The van der Waals surface area contributed by atoms with E-state index in [-0.39, 0.29) is 12.5 Å². The number of rotatable bonds is 6. The Labute approximate surface area is 82.6 Å². The molecule has 0 fully saturated rings. The van der Waals surface area contributed by atoms with Gasteiger partial charge in [0.05, 0.1) is 0 Å². The van der Waals surface area contributed by atoms with Crippen LogP contribution in [0.3, 0.4) is 0 Å². The molecule has 0 spiro atoms. The van der Waals surface area contributed by atoms with Crippen molar-refractivity contribution >= 4 is 5.91 Å². The molecule has 0 bridgehead atoms. The Balaban J connectivity index is 2.06. The smallest absolute Gasteiger partial charge is 0.220 e. The molecule has 5 nitrogen and oxygen atoms in total. The van der Waals surface area contributed by atoms with Gasteiger partial charge in [-0.2, -0.15) is 0 Å². The monoisotopic (exact) mass is 197 g/mol. The van der Waals surface area contributed by atoms with Crippen LogP contribution in [0.5, 0.6) is 0 Å². The van der Waals surface area contributed by atoms with Crippen LogP contribution in [0.15, 0.2) is 12.4 Å². The summed E-state index contributed by atoms with van der Waals surface area (Å²) in [5, 5.41) is 11.2. The fourth-order valence-electron chi connectivity index (χ4n) is 1.08. The number of aromatic nitrogens is 2. The van der Waals surface area contributed by atoms with E-state index in [1.807, 2.05) is 0 Å². The van der Waals surface area contributed by atoms with E-state index in [1.54, 1.807) is 12.4 Å². The maximum absolute atomic E-state index is 11.1. The van der Waals surface area contributed by atoms with E-state index in [4.69, 9.17) is 5.11 Å². The molecule has 1 amide bonds. The van der Waals surface area contributed by atoms with Gasteiger partial charge in [0.2, 0.25) is 5.91 Å². The number of hydrogen-bond acceptors (Lipinski definition) is 3. The molecule has 78 valence electrons.